The highest BCUT2D eigenvalue weighted by atomic mass is 19.1. The van der Waals surface area contributed by atoms with Crippen molar-refractivity contribution >= 4 is 29.5 Å². The molecule has 5 rings (SSSR count). The second-order valence-corrected chi connectivity index (χ2v) is 12.7. The minimum atomic E-state index is -1.24. The average Bonchev–Trinajstić information content (AvgIpc) is 3.52. The average molecular weight is 622 g/mol. The van der Waals surface area contributed by atoms with Crippen LogP contribution in [0, 0.1) is 23.7 Å². The van der Waals surface area contributed by atoms with Crippen LogP contribution in [0.1, 0.15) is 80.3 Å². The van der Waals surface area contributed by atoms with E-state index in [1.807, 2.05) is 18.2 Å². The lowest BCUT2D eigenvalue weighted by Crippen LogP contribution is -2.50. The molecule has 3 aliphatic rings. The molecule has 1 aromatic heterocycles. The molecule has 11 heteroatoms. The number of hydrogen-bond acceptors (Lipinski definition) is 5. The number of carbonyl (C=O) groups is 4. The van der Waals surface area contributed by atoms with Gasteiger partial charge in [0.05, 0.1) is 18.3 Å². The zero-order valence-electron chi connectivity index (χ0n) is 25.6. The highest BCUT2D eigenvalue weighted by Crippen LogP contribution is 2.41. The van der Waals surface area contributed by atoms with Gasteiger partial charge in [-0.2, -0.15) is 0 Å². The quantitative estimate of drug-likeness (QED) is 0.289. The van der Waals surface area contributed by atoms with Crippen LogP contribution < -0.4 is 16.0 Å². The lowest BCUT2D eigenvalue weighted by molar-refractivity contribution is -0.142. The number of aromatic nitrogens is 1. The molecule has 4 amide bonds. The molecule has 2 aromatic rings. The normalized spacial score (nSPS) is 24.4. The zero-order valence-corrected chi connectivity index (χ0v) is 25.6. The molecule has 0 bridgehead atoms. The summed E-state index contributed by atoms with van der Waals surface area (Å²) in [5.74, 6) is -0.428. The summed E-state index contributed by atoms with van der Waals surface area (Å²) in [5, 5.41) is 17.2. The Morgan fingerprint density at radius 1 is 0.933 bits per heavy atom. The van der Waals surface area contributed by atoms with Gasteiger partial charge in [0.15, 0.2) is 0 Å². The zero-order chi connectivity index (χ0) is 31.8. The van der Waals surface area contributed by atoms with Crippen molar-refractivity contribution in [1.29, 1.82) is 0 Å². The lowest BCUT2D eigenvalue weighted by atomic mass is 9.76. The van der Waals surface area contributed by atoms with E-state index in [1.54, 1.807) is 35.4 Å². The largest absolute Gasteiger partial charge is 0.465 e. The van der Waals surface area contributed by atoms with Crippen LogP contribution in [0.4, 0.5) is 14.9 Å². The fourth-order valence-corrected chi connectivity index (χ4v) is 7.60. The summed E-state index contributed by atoms with van der Waals surface area (Å²) >= 11 is 0. The molecule has 45 heavy (non-hydrogen) atoms. The van der Waals surface area contributed by atoms with Crippen LogP contribution in [-0.2, 0) is 16.1 Å². The van der Waals surface area contributed by atoms with E-state index in [2.05, 4.69) is 20.9 Å². The van der Waals surface area contributed by atoms with Gasteiger partial charge in [-0.15, -0.1) is 0 Å². The van der Waals surface area contributed by atoms with E-state index in [9.17, 15) is 23.6 Å². The highest BCUT2D eigenvalue weighted by Gasteiger charge is 2.47. The van der Waals surface area contributed by atoms with Crippen LogP contribution in [0.2, 0.25) is 0 Å². The Labute approximate surface area is 263 Å². The number of likely N-dealkylation sites (tertiary alicyclic amines) is 1. The number of amides is 4. The first-order valence-electron chi connectivity index (χ1n) is 16.3. The third kappa shape index (κ3) is 8.18. The van der Waals surface area contributed by atoms with Crippen molar-refractivity contribution in [3.05, 3.63) is 59.9 Å². The monoisotopic (exact) mass is 621 g/mol. The minimum absolute atomic E-state index is 0.0326. The van der Waals surface area contributed by atoms with Crippen LogP contribution in [0.3, 0.4) is 0 Å². The Morgan fingerprint density at radius 2 is 1.67 bits per heavy atom. The van der Waals surface area contributed by atoms with E-state index >= 15 is 0 Å². The van der Waals surface area contributed by atoms with Crippen LogP contribution in [0.15, 0.2) is 48.7 Å². The van der Waals surface area contributed by atoms with Crippen LogP contribution in [-0.4, -0.2) is 64.1 Å². The fourth-order valence-electron chi connectivity index (χ4n) is 7.60. The number of nitrogens with zero attached hydrogens (tertiary/aromatic N) is 2. The van der Waals surface area contributed by atoms with E-state index in [-0.39, 0.29) is 35.5 Å². The Balaban J connectivity index is 1.23. The van der Waals surface area contributed by atoms with Gasteiger partial charge in [-0.1, -0.05) is 38.2 Å². The molecule has 2 saturated carbocycles. The second kappa shape index (κ2) is 15.3. The van der Waals surface area contributed by atoms with Crippen molar-refractivity contribution in [1.82, 2.24) is 20.5 Å². The first-order valence-corrected chi connectivity index (χ1v) is 16.3. The van der Waals surface area contributed by atoms with E-state index in [4.69, 9.17) is 5.11 Å². The summed E-state index contributed by atoms with van der Waals surface area (Å²) in [6.07, 6.45) is 9.02. The number of anilines is 1. The molecular weight excluding hydrogens is 577 g/mol. The molecule has 3 atom stereocenters. The number of carboxylic acid groups (broad SMARTS) is 1. The Morgan fingerprint density at radius 3 is 2.31 bits per heavy atom. The topological polar surface area (TPSA) is 141 Å². The van der Waals surface area contributed by atoms with Crippen molar-refractivity contribution in [2.24, 2.45) is 23.7 Å². The summed E-state index contributed by atoms with van der Waals surface area (Å²) in [6, 6.07) is 10.9. The highest BCUT2D eigenvalue weighted by molar-refractivity contribution is 5.99. The van der Waals surface area contributed by atoms with Gasteiger partial charge in [0.1, 0.15) is 12.7 Å². The summed E-state index contributed by atoms with van der Waals surface area (Å²) in [6.45, 7) is 0.0640. The van der Waals surface area contributed by atoms with E-state index in [0.29, 0.717) is 55.9 Å². The smallest absolute Gasteiger partial charge is 0.404 e. The molecule has 1 aromatic carbocycles. The molecule has 3 fully saturated rings. The van der Waals surface area contributed by atoms with Gasteiger partial charge in [-0.3, -0.25) is 19.4 Å². The summed E-state index contributed by atoms with van der Waals surface area (Å²) in [7, 11) is 0. The number of carbonyl (C=O) groups excluding carboxylic acids is 3. The molecule has 4 N–H and O–H groups in total. The van der Waals surface area contributed by atoms with Crippen molar-refractivity contribution in [3.63, 3.8) is 0 Å². The summed E-state index contributed by atoms with van der Waals surface area (Å²) < 4.78 is 13.5. The van der Waals surface area contributed by atoms with Crippen LogP contribution in [0.5, 0.6) is 0 Å². The maximum absolute atomic E-state index is 13.9. The number of benzene rings is 1. The first kappa shape index (κ1) is 32.4. The third-order valence-electron chi connectivity index (χ3n) is 9.99. The predicted octanol–water partition coefficient (Wildman–Crippen LogP) is 5.16. The molecule has 10 nitrogen and oxygen atoms in total. The molecule has 242 valence electrons. The number of pyridine rings is 1. The van der Waals surface area contributed by atoms with Crippen molar-refractivity contribution < 1.29 is 28.7 Å². The van der Waals surface area contributed by atoms with Gasteiger partial charge in [0.2, 0.25) is 11.8 Å². The number of nitrogens with one attached hydrogen (secondary N) is 3. The van der Waals surface area contributed by atoms with E-state index in [0.717, 1.165) is 37.8 Å². The summed E-state index contributed by atoms with van der Waals surface area (Å²) in [4.78, 5) is 57.6. The van der Waals surface area contributed by atoms with Crippen molar-refractivity contribution in [2.75, 3.05) is 18.5 Å². The number of alkyl halides is 1. The van der Waals surface area contributed by atoms with E-state index < -0.39 is 24.9 Å². The maximum atomic E-state index is 13.9. The Kier molecular flexibility index (Phi) is 11.0. The van der Waals surface area contributed by atoms with Gasteiger partial charge in [0.25, 0.3) is 5.91 Å². The molecule has 2 aliphatic carbocycles. The van der Waals surface area contributed by atoms with Crippen LogP contribution in [0.25, 0.3) is 0 Å². The Hall–Kier alpha value is -4.02. The summed E-state index contributed by atoms with van der Waals surface area (Å²) in [5.41, 5.74) is 1.78. The standard InChI is InChI=1S/C34H44FN5O5/c35-20-29(39-34(44)45)23-9-11-25(12-10-23)33(43)40-19-17-28(22-6-2-1-3-7-22)30(40)32(42)38-26-15-13-24(14-16-26)31(41)37-21-27-8-4-5-18-36-27/h4-5,8,13-16,18,22-23,25,28-30,39H,1-3,6-7,9-12,17,19-21H2,(H,37,41)(H,38,42)(H,44,45)/t23?,25?,28-,29+,30-/m0/s1. The second-order valence-electron chi connectivity index (χ2n) is 12.7. The first-order chi connectivity index (χ1) is 21.8. The van der Waals surface area contributed by atoms with Gasteiger partial charge in [-0.25, -0.2) is 9.18 Å². The van der Waals surface area contributed by atoms with Gasteiger partial charge < -0.3 is 26.0 Å². The molecule has 1 saturated heterocycles. The minimum Gasteiger partial charge on any atom is -0.465 e. The van der Waals surface area contributed by atoms with Crippen LogP contribution >= 0.6 is 0 Å². The predicted molar refractivity (Wildman–Crippen MR) is 167 cm³/mol. The van der Waals surface area contributed by atoms with Gasteiger partial charge in [0, 0.05) is 29.9 Å². The fraction of sp³-hybridized carbons (Fsp3) is 0.559. The number of hydrogen-bond donors (Lipinski definition) is 4. The molecular formula is C34H44FN5O5. The number of halogens is 1. The molecule has 2 heterocycles. The SMILES string of the molecule is O=C(O)N[C@H](CF)C1CCC(C(=O)N2CC[C@@H](C3CCCCC3)[C@H]2C(=O)Nc2ccc(C(=O)NCc3ccccn3)cc2)CC1. The maximum Gasteiger partial charge on any atom is 0.404 e. The van der Waals surface area contributed by atoms with E-state index in [1.165, 1.54) is 6.42 Å². The molecule has 0 unspecified atom stereocenters. The lowest BCUT2D eigenvalue weighted by Gasteiger charge is -2.37. The molecule has 0 spiro atoms. The molecule has 0 radical (unpaired) electrons. The van der Waals surface area contributed by atoms with Crippen molar-refractivity contribution in [3.8, 4) is 0 Å². The number of rotatable bonds is 10. The van der Waals surface area contributed by atoms with Crippen molar-refractivity contribution in [2.45, 2.75) is 82.8 Å². The Bertz CT molecular complexity index is 1310. The van der Waals surface area contributed by atoms with Gasteiger partial charge >= 0.3 is 6.09 Å². The molecule has 1 aliphatic heterocycles. The van der Waals surface area contributed by atoms with Gasteiger partial charge in [-0.05, 0) is 86.3 Å². The third-order valence-corrected chi connectivity index (χ3v) is 9.99.